The molecule has 0 radical (unpaired) electrons. The molecule has 4 rings (SSSR count). The molecule has 2 nitrogen and oxygen atoms in total. The molecule has 3 heteroatoms. The molecule has 0 spiro atoms. The summed E-state index contributed by atoms with van der Waals surface area (Å²) < 4.78 is 1.22. The van der Waals surface area contributed by atoms with Crippen molar-refractivity contribution in [3.05, 3.63) is 47.7 Å². The summed E-state index contributed by atoms with van der Waals surface area (Å²) in [7, 11) is 0. The van der Waals surface area contributed by atoms with Gasteiger partial charge in [-0.1, -0.05) is 43.2 Å². The zero-order valence-electron chi connectivity index (χ0n) is 11.2. The molecule has 0 amide bonds. The second-order valence-corrected chi connectivity index (χ2v) is 6.50. The van der Waals surface area contributed by atoms with Gasteiger partial charge in [-0.25, -0.2) is 4.98 Å². The van der Waals surface area contributed by atoms with Gasteiger partial charge in [0.2, 0.25) is 0 Å². The van der Waals surface area contributed by atoms with Gasteiger partial charge in [0, 0.05) is 23.9 Å². The summed E-state index contributed by atoms with van der Waals surface area (Å²) in [6, 6.07) is 10.4. The number of fused-ring (bicyclic) bond motifs is 1. The van der Waals surface area contributed by atoms with E-state index in [1.807, 2.05) is 29.8 Å². The van der Waals surface area contributed by atoms with E-state index in [0.29, 0.717) is 5.92 Å². The van der Waals surface area contributed by atoms with Crippen LogP contribution in [0, 0.1) is 0 Å². The normalized spacial score (nSPS) is 16.0. The van der Waals surface area contributed by atoms with E-state index >= 15 is 0 Å². The van der Waals surface area contributed by atoms with Crippen LogP contribution in [0.2, 0.25) is 0 Å². The number of thiazole rings is 1. The monoisotopic (exact) mass is 280 g/mol. The molecule has 20 heavy (non-hydrogen) atoms. The molecule has 0 N–H and O–H groups in total. The average molecular weight is 280 g/mol. The predicted molar refractivity (Wildman–Crippen MR) is 84.1 cm³/mol. The van der Waals surface area contributed by atoms with Gasteiger partial charge >= 0.3 is 0 Å². The van der Waals surface area contributed by atoms with Crippen molar-refractivity contribution in [2.45, 2.75) is 31.6 Å². The van der Waals surface area contributed by atoms with Crippen molar-refractivity contribution in [2.24, 2.45) is 0 Å². The maximum Gasteiger partial charge on any atom is 0.0970 e. The fourth-order valence-corrected chi connectivity index (χ4v) is 4.18. The molecule has 1 aromatic carbocycles. The molecule has 0 aliphatic heterocycles. The predicted octanol–water partition coefficient (Wildman–Crippen LogP) is 5.02. The van der Waals surface area contributed by atoms with Gasteiger partial charge in [-0.15, -0.1) is 11.3 Å². The number of hydrogen-bond acceptors (Lipinski definition) is 3. The Morgan fingerprint density at radius 1 is 1.00 bits per heavy atom. The van der Waals surface area contributed by atoms with Gasteiger partial charge in [0.05, 0.1) is 15.2 Å². The third-order valence-corrected chi connectivity index (χ3v) is 5.26. The summed E-state index contributed by atoms with van der Waals surface area (Å²) >= 11 is 1.83. The minimum Gasteiger partial charge on any atom is -0.262 e. The Labute approximate surface area is 122 Å². The van der Waals surface area contributed by atoms with E-state index in [4.69, 9.17) is 4.98 Å². The Hall–Kier alpha value is -1.74. The minimum absolute atomic E-state index is 0.677. The summed E-state index contributed by atoms with van der Waals surface area (Å²) in [6.45, 7) is 0. The van der Waals surface area contributed by atoms with E-state index in [2.05, 4.69) is 29.2 Å². The van der Waals surface area contributed by atoms with Crippen LogP contribution < -0.4 is 0 Å². The molecule has 0 unspecified atom stereocenters. The SMILES string of the molecule is c1ccc(-c2cncc3sc(C4CCCC4)nc23)cc1. The van der Waals surface area contributed by atoms with Gasteiger partial charge < -0.3 is 0 Å². The van der Waals surface area contributed by atoms with Crippen LogP contribution in [0.5, 0.6) is 0 Å². The van der Waals surface area contributed by atoms with Crippen LogP contribution in [0.3, 0.4) is 0 Å². The molecule has 0 bridgehead atoms. The molecule has 0 saturated heterocycles. The van der Waals surface area contributed by atoms with E-state index in [1.54, 1.807) is 0 Å². The van der Waals surface area contributed by atoms with Crippen LogP contribution in [0.1, 0.15) is 36.6 Å². The Kier molecular flexibility index (Phi) is 3.00. The van der Waals surface area contributed by atoms with Crippen molar-refractivity contribution in [1.29, 1.82) is 0 Å². The van der Waals surface area contributed by atoms with E-state index < -0.39 is 0 Å². The standard InChI is InChI=1S/C17H16N2S/c1-2-6-12(7-3-1)14-10-18-11-15-16(14)19-17(20-15)13-8-4-5-9-13/h1-3,6-7,10-11,13H,4-5,8-9H2. The van der Waals surface area contributed by atoms with Crippen LogP contribution in [-0.2, 0) is 0 Å². The van der Waals surface area contributed by atoms with E-state index in [-0.39, 0.29) is 0 Å². The lowest BCUT2D eigenvalue weighted by atomic mass is 10.1. The molecular formula is C17H16N2S. The lowest BCUT2D eigenvalue weighted by molar-refractivity contribution is 0.718. The number of rotatable bonds is 2. The van der Waals surface area contributed by atoms with Gasteiger partial charge in [0.1, 0.15) is 0 Å². The van der Waals surface area contributed by atoms with Crippen LogP contribution >= 0.6 is 11.3 Å². The van der Waals surface area contributed by atoms with Gasteiger partial charge in [-0.05, 0) is 18.4 Å². The third-order valence-electron chi connectivity index (χ3n) is 4.11. The zero-order chi connectivity index (χ0) is 13.4. The highest BCUT2D eigenvalue weighted by Gasteiger charge is 2.21. The summed E-state index contributed by atoms with van der Waals surface area (Å²) in [5.41, 5.74) is 3.48. The van der Waals surface area contributed by atoms with Crippen molar-refractivity contribution < 1.29 is 0 Å². The first-order valence-corrected chi connectivity index (χ1v) is 8.03. The second kappa shape index (κ2) is 4.98. The lowest BCUT2D eigenvalue weighted by Crippen LogP contribution is -1.90. The quantitative estimate of drug-likeness (QED) is 0.659. The Morgan fingerprint density at radius 3 is 2.60 bits per heavy atom. The number of aromatic nitrogens is 2. The molecule has 0 atom stereocenters. The summed E-state index contributed by atoms with van der Waals surface area (Å²) in [4.78, 5) is 9.35. The molecule has 3 aromatic rings. The van der Waals surface area contributed by atoms with Crippen molar-refractivity contribution in [3.63, 3.8) is 0 Å². The van der Waals surface area contributed by atoms with E-state index in [9.17, 15) is 0 Å². The van der Waals surface area contributed by atoms with Gasteiger partial charge in [0.15, 0.2) is 0 Å². The smallest absolute Gasteiger partial charge is 0.0970 e. The highest BCUT2D eigenvalue weighted by molar-refractivity contribution is 7.18. The zero-order valence-corrected chi connectivity index (χ0v) is 12.1. The maximum absolute atomic E-state index is 4.95. The minimum atomic E-state index is 0.677. The first-order chi connectivity index (χ1) is 9.92. The van der Waals surface area contributed by atoms with Crippen LogP contribution in [0.25, 0.3) is 21.3 Å². The molecule has 1 aliphatic rings. The molecule has 100 valence electrons. The first kappa shape index (κ1) is 12.0. The molecule has 1 saturated carbocycles. The van der Waals surface area contributed by atoms with Crippen molar-refractivity contribution in [2.75, 3.05) is 0 Å². The van der Waals surface area contributed by atoms with Crippen molar-refractivity contribution in [1.82, 2.24) is 9.97 Å². The van der Waals surface area contributed by atoms with E-state index in [1.165, 1.54) is 41.0 Å². The second-order valence-electron chi connectivity index (χ2n) is 5.43. The Balaban J connectivity index is 1.85. The van der Waals surface area contributed by atoms with E-state index in [0.717, 1.165) is 11.1 Å². The van der Waals surface area contributed by atoms with Crippen LogP contribution in [-0.4, -0.2) is 9.97 Å². The Bertz CT molecular complexity index is 727. The number of benzene rings is 1. The van der Waals surface area contributed by atoms with Gasteiger partial charge in [-0.3, -0.25) is 4.98 Å². The van der Waals surface area contributed by atoms with Crippen molar-refractivity contribution >= 4 is 21.6 Å². The number of nitrogens with zero attached hydrogens (tertiary/aromatic N) is 2. The van der Waals surface area contributed by atoms with Gasteiger partial charge in [0.25, 0.3) is 0 Å². The highest BCUT2D eigenvalue weighted by Crippen LogP contribution is 2.39. The number of pyridine rings is 1. The Morgan fingerprint density at radius 2 is 1.80 bits per heavy atom. The summed E-state index contributed by atoms with van der Waals surface area (Å²) in [6.07, 6.45) is 9.20. The molecular weight excluding hydrogens is 264 g/mol. The average Bonchev–Trinajstić information content (AvgIpc) is 3.16. The maximum atomic E-state index is 4.95. The largest absolute Gasteiger partial charge is 0.262 e. The molecule has 1 aliphatic carbocycles. The van der Waals surface area contributed by atoms with Gasteiger partial charge in [-0.2, -0.15) is 0 Å². The fourth-order valence-electron chi connectivity index (χ4n) is 3.05. The highest BCUT2D eigenvalue weighted by atomic mass is 32.1. The molecule has 2 aromatic heterocycles. The van der Waals surface area contributed by atoms with Crippen LogP contribution in [0.4, 0.5) is 0 Å². The molecule has 2 heterocycles. The fraction of sp³-hybridized carbons (Fsp3) is 0.294. The third kappa shape index (κ3) is 2.02. The topological polar surface area (TPSA) is 25.8 Å². The lowest BCUT2D eigenvalue weighted by Gasteiger charge is -2.03. The van der Waals surface area contributed by atoms with Crippen molar-refractivity contribution in [3.8, 4) is 11.1 Å². The summed E-state index contributed by atoms with van der Waals surface area (Å²) in [5, 5.41) is 1.31. The first-order valence-electron chi connectivity index (χ1n) is 7.22. The molecule has 1 fully saturated rings. The summed E-state index contributed by atoms with van der Waals surface area (Å²) in [5.74, 6) is 0.677. The van der Waals surface area contributed by atoms with Crippen LogP contribution in [0.15, 0.2) is 42.7 Å². The number of hydrogen-bond donors (Lipinski definition) is 0.